The molecule has 2 aromatic rings. The second kappa shape index (κ2) is 7.31. The minimum Gasteiger partial charge on any atom is -0.507 e. The van der Waals surface area contributed by atoms with Gasteiger partial charge in [-0.25, -0.2) is 0 Å². The maximum Gasteiger partial charge on any atom is 0.239 e. The van der Waals surface area contributed by atoms with Gasteiger partial charge in [0.05, 0.1) is 11.5 Å². The van der Waals surface area contributed by atoms with Crippen molar-refractivity contribution in [1.29, 1.82) is 0 Å². The van der Waals surface area contributed by atoms with E-state index in [0.717, 1.165) is 5.56 Å². The topological polar surface area (TPSA) is 74.1 Å². The Morgan fingerprint density at radius 3 is 2.71 bits per heavy atom. The molecule has 0 aliphatic carbocycles. The summed E-state index contributed by atoms with van der Waals surface area (Å²) in [6.07, 6.45) is 2.11. The van der Waals surface area contributed by atoms with Crippen LogP contribution in [0.2, 0.25) is 0 Å². The zero-order chi connectivity index (χ0) is 16.9. The van der Waals surface area contributed by atoms with Crippen molar-refractivity contribution < 1.29 is 9.90 Å². The van der Waals surface area contributed by atoms with Crippen LogP contribution in [0.15, 0.2) is 58.7 Å². The Balaban J connectivity index is 1.63. The number of phenols is 1. The maximum atomic E-state index is 12.0. The van der Waals surface area contributed by atoms with E-state index in [2.05, 4.69) is 15.5 Å². The molecule has 24 heavy (non-hydrogen) atoms. The number of nitrogens with one attached hydrogen (secondary N) is 1. The van der Waals surface area contributed by atoms with Gasteiger partial charge in [-0.15, -0.1) is 5.10 Å². The first-order valence-electron chi connectivity index (χ1n) is 7.54. The van der Waals surface area contributed by atoms with Gasteiger partial charge in [-0.3, -0.25) is 4.79 Å². The number of para-hydroxylation sites is 1. The van der Waals surface area contributed by atoms with Crippen molar-refractivity contribution in [2.45, 2.75) is 18.6 Å². The standard InChI is InChI=1S/C18H17N3O2S/c1-12-6-8-13(9-7-12)10-16-17(23)20-18(24-16)21-19-11-14-4-2-3-5-15(14)22/h2-9,11,16,22H,10H2,1H3,(H,20,21,23)/b19-11+/t16-/m1/s1. The summed E-state index contributed by atoms with van der Waals surface area (Å²) in [5.74, 6) is 0.0823. The van der Waals surface area contributed by atoms with Crippen molar-refractivity contribution in [3.8, 4) is 5.75 Å². The highest BCUT2D eigenvalue weighted by Gasteiger charge is 2.30. The van der Waals surface area contributed by atoms with E-state index < -0.39 is 0 Å². The van der Waals surface area contributed by atoms with Crippen LogP contribution in [0.4, 0.5) is 0 Å². The van der Waals surface area contributed by atoms with E-state index in [1.807, 2.05) is 31.2 Å². The van der Waals surface area contributed by atoms with E-state index in [1.54, 1.807) is 24.3 Å². The highest BCUT2D eigenvalue weighted by atomic mass is 32.2. The largest absolute Gasteiger partial charge is 0.507 e. The number of nitrogens with zero attached hydrogens (tertiary/aromatic N) is 2. The highest BCUT2D eigenvalue weighted by Crippen LogP contribution is 2.23. The fraction of sp³-hybridized carbons (Fsp3) is 0.167. The molecule has 1 atom stereocenters. The van der Waals surface area contributed by atoms with Gasteiger partial charge in [0.25, 0.3) is 0 Å². The van der Waals surface area contributed by atoms with Crippen LogP contribution in [0.25, 0.3) is 0 Å². The lowest BCUT2D eigenvalue weighted by molar-refractivity contribution is -0.118. The van der Waals surface area contributed by atoms with Crippen LogP contribution < -0.4 is 5.32 Å². The third-order valence-corrected chi connectivity index (χ3v) is 4.67. The maximum absolute atomic E-state index is 12.0. The summed E-state index contributed by atoms with van der Waals surface area (Å²) >= 11 is 1.37. The first-order valence-corrected chi connectivity index (χ1v) is 8.42. The van der Waals surface area contributed by atoms with E-state index in [-0.39, 0.29) is 16.9 Å². The van der Waals surface area contributed by atoms with Crippen molar-refractivity contribution in [3.63, 3.8) is 0 Å². The van der Waals surface area contributed by atoms with Gasteiger partial charge in [-0.1, -0.05) is 53.7 Å². The first-order chi connectivity index (χ1) is 11.6. The lowest BCUT2D eigenvalue weighted by atomic mass is 10.1. The smallest absolute Gasteiger partial charge is 0.239 e. The van der Waals surface area contributed by atoms with Gasteiger partial charge in [0.2, 0.25) is 5.91 Å². The third kappa shape index (κ3) is 4.02. The Bertz CT molecular complexity index is 800. The van der Waals surface area contributed by atoms with Gasteiger partial charge >= 0.3 is 0 Å². The minimum absolute atomic E-state index is 0.0583. The number of phenolic OH excluding ortho intramolecular Hbond substituents is 1. The van der Waals surface area contributed by atoms with Gasteiger partial charge in [-0.05, 0) is 31.0 Å². The second-order valence-electron chi connectivity index (χ2n) is 5.49. The molecule has 5 nitrogen and oxygen atoms in total. The van der Waals surface area contributed by atoms with Gasteiger partial charge in [0, 0.05) is 5.56 Å². The fourth-order valence-corrected chi connectivity index (χ4v) is 3.23. The van der Waals surface area contributed by atoms with Crippen LogP contribution >= 0.6 is 11.8 Å². The molecule has 0 radical (unpaired) electrons. The molecule has 122 valence electrons. The van der Waals surface area contributed by atoms with E-state index in [0.29, 0.717) is 17.2 Å². The van der Waals surface area contributed by atoms with Gasteiger partial charge in [0.1, 0.15) is 5.75 Å². The molecular weight excluding hydrogens is 322 g/mol. The normalized spacial score (nSPS) is 19.1. The number of benzene rings is 2. The first kappa shape index (κ1) is 16.3. The number of amidine groups is 1. The number of hydrogen-bond acceptors (Lipinski definition) is 5. The molecule has 1 amide bonds. The number of thioether (sulfide) groups is 1. The molecular formula is C18H17N3O2S. The number of aryl methyl sites for hydroxylation is 1. The molecule has 1 aliphatic heterocycles. The Labute approximate surface area is 144 Å². The average Bonchev–Trinajstić information content (AvgIpc) is 2.91. The van der Waals surface area contributed by atoms with Crippen LogP contribution in [-0.2, 0) is 11.2 Å². The van der Waals surface area contributed by atoms with Crippen molar-refractivity contribution in [1.82, 2.24) is 5.32 Å². The predicted molar refractivity (Wildman–Crippen MR) is 97.5 cm³/mol. The number of carbonyl (C=O) groups excluding carboxylic acids is 1. The van der Waals surface area contributed by atoms with Crippen LogP contribution in [0.5, 0.6) is 5.75 Å². The van der Waals surface area contributed by atoms with E-state index in [1.165, 1.54) is 23.5 Å². The molecule has 6 heteroatoms. The molecule has 0 bridgehead atoms. The van der Waals surface area contributed by atoms with Crippen molar-refractivity contribution in [2.24, 2.45) is 10.2 Å². The lowest BCUT2D eigenvalue weighted by Gasteiger charge is -2.05. The van der Waals surface area contributed by atoms with Crippen LogP contribution in [-0.4, -0.2) is 27.6 Å². The van der Waals surface area contributed by atoms with Crippen molar-refractivity contribution >= 4 is 29.1 Å². The van der Waals surface area contributed by atoms with Crippen LogP contribution in [0, 0.1) is 6.92 Å². The van der Waals surface area contributed by atoms with Crippen molar-refractivity contribution in [2.75, 3.05) is 0 Å². The van der Waals surface area contributed by atoms with Crippen LogP contribution in [0.1, 0.15) is 16.7 Å². The number of aromatic hydroxyl groups is 1. The number of rotatable bonds is 4. The molecule has 2 aromatic carbocycles. The molecule has 0 saturated carbocycles. The molecule has 1 aliphatic rings. The molecule has 3 rings (SSSR count). The molecule has 0 aromatic heterocycles. The molecule has 1 fully saturated rings. The van der Waals surface area contributed by atoms with Gasteiger partial charge in [0.15, 0.2) is 5.17 Å². The molecule has 2 N–H and O–H groups in total. The fourth-order valence-electron chi connectivity index (χ4n) is 2.26. The Morgan fingerprint density at radius 1 is 1.21 bits per heavy atom. The predicted octanol–water partition coefficient (Wildman–Crippen LogP) is 2.86. The van der Waals surface area contributed by atoms with Crippen molar-refractivity contribution in [3.05, 3.63) is 65.2 Å². The zero-order valence-electron chi connectivity index (χ0n) is 13.1. The minimum atomic E-state index is -0.202. The highest BCUT2D eigenvalue weighted by molar-refractivity contribution is 8.15. The quantitative estimate of drug-likeness (QED) is 0.664. The Kier molecular flexibility index (Phi) is 4.96. The summed E-state index contributed by atoms with van der Waals surface area (Å²) in [6.45, 7) is 2.04. The lowest BCUT2D eigenvalue weighted by Crippen LogP contribution is -2.25. The van der Waals surface area contributed by atoms with E-state index in [4.69, 9.17) is 0 Å². The number of amides is 1. The summed E-state index contributed by atoms with van der Waals surface area (Å²) < 4.78 is 0. The zero-order valence-corrected chi connectivity index (χ0v) is 14.0. The Morgan fingerprint density at radius 2 is 1.96 bits per heavy atom. The third-order valence-electron chi connectivity index (χ3n) is 3.60. The second-order valence-corrected chi connectivity index (χ2v) is 6.69. The molecule has 1 heterocycles. The van der Waals surface area contributed by atoms with Crippen LogP contribution in [0.3, 0.4) is 0 Å². The molecule has 0 unspecified atom stereocenters. The summed E-state index contributed by atoms with van der Waals surface area (Å²) in [5.41, 5.74) is 2.89. The monoisotopic (exact) mass is 339 g/mol. The SMILES string of the molecule is Cc1ccc(C[C@H]2S/C(=N/N=C/c3ccccc3O)NC2=O)cc1. The molecule has 1 saturated heterocycles. The Hall–Kier alpha value is -2.60. The summed E-state index contributed by atoms with van der Waals surface area (Å²) in [4.78, 5) is 12.0. The average molecular weight is 339 g/mol. The van der Waals surface area contributed by atoms with Gasteiger partial charge in [-0.2, -0.15) is 5.10 Å². The van der Waals surface area contributed by atoms with E-state index >= 15 is 0 Å². The summed E-state index contributed by atoms with van der Waals surface area (Å²) in [6, 6.07) is 15.0. The number of carbonyl (C=O) groups is 1. The molecule has 0 spiro atoms. The van der Waals surface area contributed by atoms with E-state index in [9.17, 15) is 9.90 Å². The van der Waals surface area contributed by atoms with Gasteiger partial charge < -0.3 is 10.4 Å². The summed E-state index contributed by atoms with van der Waals surface area (Å²) in [5, 5.41) is 20.6. The summed E-state index contributed by atoms with van der Waals surface area (Å²) in [7, 11) is 0. The number of hydrogen-bond donors (Lipinski definition) is 2.